The van der Waals surface area contributed by atoms with Crippen LogP contribution in [0.3, 0.4) is 0 Å². The second kappa shape index (κ2) is 65.4. The Morgan fingerprint density at radius 2 is 0.527 bits per heavy atom. The van der Waals surface area contributed by atoms with Crippen molar-refractivity contribution < 1.29 is 80.2 Å². The highest BCUT2D eigenvalue weighted by atomic mass is 31.2. The monoisotopic (exact) mass is 1340 g/mol. The highest BCUT2D eigenvalue weighted by Gasteiger charge is 2.30. The van der Waals surface area contributed by atoms with Gasteiger partial charge in [-0.3, -0.25) is 37.3 Å². The fraction of sp³-hybridized carbons (Fsp3) is 0.944. The fourth-order valence-electron chi connectivity index (χ4n) is 11.0. The smallest absolute Gasteiger partial charge is 0.462 e. The Hall–Kier alpha value is -1.94. The second-order valence-corrected chi connectivity index (χ2v) is 29.1. The third-order valence-electron chi connectivity index (χ3n) is 17.1. The minimum atomic E-state index is -4.95. The molecule has 0 aromatic carbocycles. The Morgan fingerprint density at radius 3 is 0.780 bits per heavy atom. The summed E-state index contributed by atoms with van der Waals surface area (Å²) in [5.41, 5.74) is 0. The van der Waals surface area contributed by atoms with Crippen LogP contribution in [-0.4, -0.2) is 96.7 Å². The molecule has 91 heavy (non-hydrogen) atoms. The number of aliphatic hydroxyl groups is 1. The Balaban J connectivity index is 5.26. The van der Waals surface area contributed by atoms with E-state index in [1.54, 1.807) is 0 Å². The lowest BCUT2D eigenvalue weighted by Gasteiger charge is -2.21. The summed E-state index contributed by atoms with van der Waals surface area (Å²) in [7, 11) is -9.90. The number of aliphatic hydroxyl groups excluding tert-OH is 1. The minimum Gasteiger partial charge on any atom is -0.462 e. The van der Waals surface area contributed by atoms with E-state index in [0.717, 1.165) is 95.8 Å². The summed E-state index contributed by atoms with van der Waals surface area (Å²) in [6.45, 7) is 7.29. The number of carbonyl (C=O) groups is 4. The molecular weight excluding hydrogens is 1200 g/mol. The standard InChI is InChI=1S/C72H140O17P2/c1-6-10-13-16-19-22-25-27-30-36-41-46-51-56-70(75)83-62-68(89-72(77)58-53-48-43-38-33-32-34-39-44-49-54-65(5)9-4)64-87-91(80,81)85-60-66(73)59-84-90(78,79)86-63-67(61-82-69(74)55-50-45-40-35-29-24-21-18-15-12-8-3)88-71(76)57-52-47-42-37-31-28-26-23-20-17-14-11-7-2/h65-68,73H,6-64H2,1-5H3,(H,78,79)(H,80,81)/t65?,66-,67+,68+/m0/s1. The van der Waals surface area contributed by atoms with Crippen LogP contribution < -0.4 is 0 Å². The molecule has 0 saturated heterocycles. The van der Waals surface area contributed by atoms with Crippen LogP contribution in [0.15, 0.2) is 0 Å². The molecule has 0 amide bonds. The summed E-state index contributed by atoms with van der Waals surface area (Å²) in [6.07, 6.45) is 52.4. The van der Waals surface area contributed by atoms with E-state index < -0.39 is 97.5 Å². The molecule has 0 rings (SSSR count). The number of carbonyl (C=O) groups excluding carboxylic acids is 4. The fourth-order valence-corrected chi connectivity index (χ4v) is 12.5. The number of phosphoric ester groups is 2. The maximum Gasteiger partial charge on any atom is 0.472 e. The van der Waals surface area contributed by atoms with Gasteiger partial charge in [0.25, 0.3) is 0 Å². The topological polar surface area (TPSA) is 237 Å². The number of phosphoric acid groups is 2. The molecule has 0 fully saturated rings. The zero-order valence-corrected chi connectivity index (χ0v) is 60.8. The van der Waals surface area contributed by atoms with Crippen molar-refractivity contribution in [3.63, 3.8) is 0 Å². The molecule has 17 nitrogen and oxygen atoms in total. The van der Waals surface area contributed by atoms with Gasteiger partial charge in [0.1, 0.15) is 19.3 Å². The van der Waals surface area contributed by atoms with Crippen molar-refractivity contribution in [1.29, 1.82) is 0 Å². The van der Waals surface area contributed by atoms with Gasteiger partial charge in [-0.1, -0.05) is 324 Å². The van der Waals surface area contributed by atoms with Crippen LogP contribution in [0.5, 0.6) is 0 Å². The van der Waals surface area contributed by atoms with Crippen LogP contribution in [0.25, 0.3) is 0 Å². The van der Waals surface area contributed by atoms with Crippen LogP contribution in [0.2, 0.25) is 0 Å². The maximum atomic E-state index is 13.0. The predicted octanol–water partition coefficient (Wildman–Crippen LogP) is 20.9. The van der Waals surface area contributed by atoms with Crippen molar-refractivity contribution in [1.82, 2.24) is 0 Å². The van der Waals surface area contributed by atoms with Crippen molar-refractivity contribution in [3.05, 3.63) is 0 Å². The van der Waals surface area contributed by atoms with Gasteiger partial charge in [-0.25, -0.2) is 9.13 Å². The third-order valence-corrected chi connectivity index (χ3v) is 19.0. The number of hydrogen-bond acceptors (Lipinski definition) is 15. The second-order valence-electron chi connectivity index (χ2n) is 26.2. The molecule has 19 heteroatoms. The molecule has 0 aliphatic carbocycles. The van der Waals surface area contributed by atoms with Gasteiger partial charge < -0.3 is 33.8 Å². The molecule has 0 spiro atoms. The van der Waals surface area contributed by atoms with Gasteiger partial charge in [0.15, 0.2) is 12.2 Å². The van der Waals surface area contributed by atoms with E-state index >= 15 is 0 Å². The third kappa shape index (κ3) is 65.1. The maximum absolute atomic E-state index is 13.0. The van der Waals surface area contributed by atoms with Gasteiger partial charge in [0.05, 0.1) is 26.4 Å². The van der Waals surface area contributed by atoms with Gasteiger partial charge in [-0.15, -0.1) is 0 Å². The average Bonchev–Trinajstić information content (AvgIpc) is 3.70. The molecule has 0 aliphatic heterocycles. The first-order valence-electron chi connectivity index (χ1n) is 37.7. The molecule has 0 aromatic rings. The number of esters is 4. The van der Waals surface area contributed by atoms with Crippen LogP contribution in [0.4, 0.5) is 0 Å². The molecule has 540 valence electrons. The first-order valence-corrected chi connectivity index (χ1v) is 40.7. The Bertz CT molecular complexity index is 1760. The van der Waals surface area contributed by atoms with Gasteiger partial charge in [-0.05, 0) is 31.6 Å². The molecule has 0 radical (unpaired) electrons. The average molecular weight is 1340 g/mol. The van der Waals surface area contributed by atoms with E-state index in [-0.39, 0.29) is 25.7 Å². The van der Waals surface area contributed by atoms with E-state index in [4.69, 9.17) is 37.0 Å². The Morgan fingerprint density at radius 1 is 0.308 bits per heavy atom. The first-order chi connectivity index (χ1) is 44.1. The first kappa shape index (κ1) is 89.1. The van der Waals surface area contributed by atoms with Gasteiger partial charge in [0.2, 0.25) is 0 Å². The largest absolute Gasteiger partial charge is 0.472 e. The van der Waals surface area contributed by atoms with Crippen molar-refractivity contribution in [2.24, 2.45) is 5.92 Å². The van der Waals surface area contributed by atoms with Crippen LogP contribution >= 0.6 is 15.6 Å². The lowest BCUT2D eigenvalue weighted by molar-refractivity contribution is -0.161. The van der Waals surface area contributed by atoms with Gasteiger partial charge in [0, 0.05) is 25.7 Å². The summed E-state index contributed by atoms with van der Waals surface area (Å²) in [5.74, 6) is -1.31. The van der Waals surface area contributed by atoms with Gasteiger partial charge >= 0.3 is 39.5 Å². The molecule has 0 saturated carbocycles. The Kier molecular flexibility index (Phi) is 64.0. The highest BCUT2D eigenvalue weighted by molar-refractivity contribution is 7.47. The van der Waals surface area contributed by atoms with Gasteiger partial charge in [-0.2, -0.15) is 0 Å². The summed E-state index contributed by atoms with van der Waals surface area (Å²) >= 11 is 0. The SMILES string of the molecule is CCCCCCCCCCCCCCCC(=O)OC[C@H](COP(=O)(O)OC[C@@H](O)COP(=O)(O)OC[C@@H](COC(=O)CCCCCCCCCCCCC)OC(=O)CCCCCCCCCCCCCCC)OC(=O)CCCCCCCCCCCCC(C)CC. The molecule has 0 bridgehead atoms. The summed E-state index contributed by atoms with van der Waals surface area (Å²) in [5, 5.41) is 10.6. The van der Waals surface area contributed by atoms with E-state index in [0.29, 0.717) is 25.7 Å². The van der Waals surface area contributed by atoms with Crippen molar-refractivity contribution in [2.45, 2.75) is 393 Å². The summed E-state index contributed by atoms with van der Waals surface area (Å²) in [4.78, 5) is 72.7. The van der Waals surface area contributed by atoms with Crippen molar-refractivity contribution in [2.75, 3.05) is 39.6 Å². The van der Waals surface area contributed by atoms with E-state index in [2.05, 4.69) is 34.6 Å². The molecule has 6 atom stereocenters. The predicted molar refractivity (Wildman–Crippen MR) is 368 cm³/mol. The van der Waals surface area contributed by atoms with Crippen molar-refractivity contribution in [3.8, 4) is 0 Å². The molecule has 0 aliphatic rings. The van der Waals surface area contributed by atoms with E-state index in [1.165, 1.54) is 199 Å². The summed E-state index contributed by atoms with van der Waals surface area (Å²) < 4.78 is 68.4. The van der Waals surface area contributed by atoms with E-state index in [1.807, 2.05) is 0 Å². The number of ether oxygens (including phenoxy) is 4. The molecular formula is C72H140O17P2. The molecule has 3 unspecified atom stereocenters. The normalized spacial score (nSPS) is 14.3. The minimum absolute atomic E-state index is 0.107. The summed E-state index contributed by atoms with van der Waals surface area (Å²) in [6, 6.07) is 0. The Labute approximate surface area is 556 Å². The van der Waals surface area contributed by atoms with Crippen LogP contribution in [0, 0.1) is 5.92 Å². The quantitative estimate of drug-likeness (QED) is 0.0222. The molecule has 0 heterocycles. The zero-order chi connectivity index (χ0) is 67.0. The molecule has 3 N–H and O–H groups in total. The number of unbranched alkanes of at least 4 members (excludes halogenated alkanes) is 43. The number of rotatable bonds is 72. The highest BCUT2D eigenvalue weighted by Crippen LogP contribution is 2.45. The lowest BCUT2D eigenvalue weighted by atomic mass is 9.99. The van der Waals surface area contributed by atoms with Crippen molar-refractivity contribution >= 4 is 39.5 Å². The lowest BCUT2D eigenvalue weighted by Crippen LogP contribution is -2.30. The molecule has 0 aromatic heterocycles. The van der Waals surface area contributed by atoms with Crippen LogP contribution in [0.1, 0.15) is 375 Å². The zero-order valence-electron chi connectivity index (χ0n) is 59.0. The van der Waals surface area contributed by atoms with E-state index in [9.17, 15) is 43.2 Å². The van der Waals surface area contributed by atoms with Crippen LogP contribution in [-0.2, 0) is 65.4 Å². The number of hydrogen-bond donors (Lipinski definition) is 3.